The van der Waals surface area contributed by atoms with E-state index in [-0.39, 0.29) is 28.8 Å². The Morgan fingerprint density at radius 1 is 0.932 bits per heavy atom. The lowest BCUT2D eigenvalue weighted by Gasteiger charge is -2.60. The zero-order valence-electron chi connectivity index (χ0n) is 25.7. The molecule has 4 fully saturated rings. The number of aromatic nitrogens is 2. The van der Waals surface area contributed by atoms with Gasteiger partial charge in [-0.1, -0.05) is 51.1 Å². The van der Waals surface area contributed by atoms with E-state index >= 15 is 0 Å². The normalized spacial score (nSPS) is 25.6. The smallest absolute Gasteiger partial charge is 0.251 e. The summed E-state index contributed by atoms with van der Waals surface area (Å²) in [6.45, 7) is 5.91. The number of rotatable bonds is 6. The van der Waals surface area contributed by atoms with Crippen LogP contribution in [0.4, 0.5) is 0 Å². The zero-order chi connectivity index (χ0) is 30.6. The zero-order valence-corrected chi connectivity index (χ0v) is 25.7. The number of hydrogen-bond acceptors (Lipinski definition) is 4. The molecule has 5 atom stereocenters. The average Bonchev–Trinajstić information content (AvgIpc) is 3.00. The van der Waals surface area contributed by atoms with Crippen molar-refractivity contribution in [2.75, 3.05) is 0 Å². The van der Waals surface area contributed by atoms with Crippen LogP contribution in [-0.4, -0.2) is 32.9 Å². The minimum atomic E-state index is -0.410. The second kappa shape index (κ2) is 10.7. The van der Waals surface area contributed by atoms with Crippen molar-refractivity contribution in [2.45, 2.75) is 70.9 Å². The Balaban J connectivity index is 1.06. The molecule has 0 aliphatic heterocycles. The number of pyridine rings is 2. The maximum Gasteiger partial charge on any atom is 0.251 e. The molecule has 4 aromatic rings. The van der Waals surface area contributed by atoms with Gasteiger partial charge in [-0.15, -0.1) is 0 Å². The van der Waals surface area contributed by atoms with Gasteiger partial charge in [0.1, 0.15) is 5.65 Å². The topological polar surface area (TPSA) is 93.1 Å². The summed E-state index contributed by atoms with van der Waals surface area (Å²) in [6, 6.07) is 21.3. The summed E-state index contributed by atoms with van der Waals surface area (Å²) in [5.41, 5.74) is 3.28. The number of amides is 2. The second-order valence-electron chi connectivity index (χ2n) is 14.4. The van der Waals surface area contributed by atoms with Gasteiger partial charge < -0.3 is 15.2 Å². The lowest BCUT2D eigenvalue weighted by Crippen LogP contribution is -2.67. The molecule has 2 amide bonds. The van der Waals surface area contributed by atoms with Crippen LogP contribution in [0.3, 0.4) is 0 Å². The molecule has 4 aliphatic rings. The molecule has 0 saturated heterocycles. The fourth-order valence-electron chi connectivity index (χ4n) is 8.20. The molecule has 2 N–H and O–H groups in total. The van der Waals surface area contributed by atoms with E-state index in [9.17, 15) is 14.4 Å². The highest BCUT2D eigenvalue weighted by atomic mass is 16.2. The molecule has 44 heavy (non-hydrogen) atoms. The van der Waals surface area contributed by atoms with Gasteiger partial charge in [-0.3, -0.25) is 14.4 Å². The third-order valence-corrected chi connectivity index (χ3v) is 10.1. The van der Waals surface area contributed by atoms with E-state index in [1.54, 1.807) is 12.3 Å². The van der Waals surface area contributed by atoms with Gasteiger partial charge in [0, 0.05) is 52.6 Å². The molecule has 0 radical (unpaired) electrons. The van der Waals surface area contributed by atoms with E-state index in [0.717, 1.165) is 43.4 Å². The van der Waals surface area contributed by atoms with E-state index in [1.165, 1.54) is 0 Å². The first-order valence-electron chi connectivity index (χ1n) is 15.9. The minimum absolute atomic E-state index is 0.0274. The number of nitrogens with zero attached hydrogens (tertiary/aromatic N) is 2. The van der Waals surface area contributed by atoms with E-state index in [4.69, 9.17) is 0 Å². The molecule has 2 aromatic heterocycles. The molecule has 0 spiro atoms. The fourth-order valence-corrected chi connectivity index (χ4v) is 8.20. The van der Waals surface area contributed by atoms with Gasteiger partial charge in [-0.25, -0.2) is 4.98 Å². The Hall–Kier alpha value is -4.26. The Kier molecular flexibility index (Phi) is 6.95. The van der Waals surface area contributed by atoms with Crippen molar-refractivity contribution in [3.8, 4) is 5.69 Å². The van der Waals surface area contributed by atoms with E-state index < -0.39 is 5.41 Å². The van der Waals surface area contributed by atoms with Crippen LogP contribution < -0.4 is 16.1 Å². The Morgan fingerprint density at radius 2 is 1.64 bits per heavy atom. The predicted molar refractivity (Wildman–Crippen MR) is 172 cm³/mol. The van der Waals surface area contributed by atoms with Crippen LogP contribution in [0, 0.1) is 23.2 Å². The first kappa shape index (κ1) is 28.5. The Labute approximate surface area is 258 Å². The first-order chi connectivity index (χ1) is 21.1. The first-order valence-corrected chi connectivity index (χ1v) is 15.9. The lowest BCUT2D eigenvalue weighted by atomic mass is 9.51. The summed E-state index contributed by atoms with van der Waals surface area (Å²) in [5.74, 6) is 1.47. The number of nitrogens with one attached hydrogen (secondary N) is 2. The van der Waals surface area contributed by atoms with E-state index in [2.05, 4.69) is 15.6 Å². The summed E-state index contributed by atoms with van der Waals surface area (Å²) in [4.78, 5) is 44.3. The summed E-state index contributed by atoms with van der Waals surface area (Å²) >= 11 is 0. The van der Waals surface area contributed by atoms with Gasteiger partial charge in [0.25, 0.3) is 5.91 Å². The molecule has 0 unspecified atom stereocenters. The highest BCUT2D eigenvalue weighted by Crippen LogP contribution is 2.56. The van der Waals surface area contributed by atoms with Crippen molar-refractivity contribution < 1.29 is 9.59 Å². The molecule has 226 valence electrons. The van der Waals surface area contributed by atoms with Crippen molar-refractivity contribution in [1.82, 2.24) is 20.2 Å². The molecular formula is C37H40N4O3. The van der Waals surface area contributed by atoms with Gasteiger partial charge in [0.2, 0.25) is 5.91 Å². The van der Waals surface area contributed by atoms with Crippen LogP contribution >= 0.6 is 0 Å². The number of fused-ring (bicyclic) bond motifs is 1. The quantitative estimate of drug-likeness (QED) is 0.297. The van der Waals surface area contributed by atoms with Crippen LogP contribution in [0.1, 0.15) is 74.4 Å². The van der Waals surface area contributed by atoms with Crippen molar-refractivity contribution in [3.05, 3.63) is 106 Å². The molecule has 8 rings (SSSR count). The fraction of sp³-hybridized carbons (Fsp3) is 0.405. The molecular weight excluding hydrogens is 548 g/mol. The molecule has 7 nitrogen and oxygen atoms in total. The number of carbonyl (C=O) groups excluding carboxylic acids is 2. The SMILES string of the molecule is CC(C)(C)C(=O)N[C@]12C[C@@H]3C[C@H](C1)[C@@H](NC(=O)c1ccc(Cc4cn(-c5ccccc5)c5ncccc5c4=O)cc1)[C@@H](C3)C2. The second-order valence-corrected chi connectivity index (χ2v) is 14.4. The van der Waals surface area contributed by atoms with Gasteiger partial charge >= 0.3 is 0 Å². The van der Waals surface area contributed by atoms with Crippen molar-refractivity contribution >= 4 is 22.8 Å². The lowest BCUT2D eigenvalue weighted by molar-refractivity contribution is -0.135. The van der Waals surface area contributed by atoms with Gasteiger partial charge in [0.15, 0.2) is 5.43 Å². The standard InChI is InChI=1S/C37H40N4O3/c1-36(2,3)35(44)40-37-19-24-17-26(20-37)31(27(18-24)21-37)39-34(43)25-13-11-23(12-14-25)16-28-22-41(29-8-5-4-6-9-29)33-30(32(28)42)10-7-15-38-33/h4-15,22,24,26-27,31H,16-21H2,1-3H3,(H,39,43)(H,40,44)/t24-,26-,27+,31-,37-. The van der Waals surface area contributed by atoms with Gasteiger partial charge in [-0.2, -0.15) is 0 Å². The maximum atomic E-state index is 13.5. The minimum Gasteiger partial charge on any atom is -0.350 e. The van der Waals surface area contributed by atoms with Crippen molar-refractivity contribution in [1.29, 1.82) is 0 Å². The Bertz CT molecular complexity index is 1770. The summed E-state index contributed by atoms with van der Waals surface area (Å²) in [6.07, 6.45) is 9.22. The van der Waals surface area contributed by atoms with Crippen LogP contribution in [0.2, 0.25) is 0 Å². The van der Waals surface area contributed by atoms with Crippen LogP contribution in [0.5, 0.6) is 0 Å². The van der Waals surface area contributed by atoms with Gasteiger partial charge in [-0.05, 0) is 91.8 Å². The molecule has 4 aliphatic carbocycles. The van der Waals surface area contributed by atoms with Crippen LogP contribution in [0.15, 0.2) is 83.9 Å². The number of carbonyl (C=O) groups is 2. The summed E-state index contributed by atoms with van der Waals surface area (Å²) < 4.78 is 1.97. The van der Waals surface area contributed by atoms with Gasteiger partial charge in [0.05, 0.1) is 5.39 Å². The van der Waals surface area contributed by atoms with E-state index in [1.807, 2.05) is 92.2 Å². The number of hydrogen-bond donors (Lipinski definition) is 2. The molecule has 4 bridgehead atoms. The van der Waals surface area contributed by atoms with Crippen molar-refractivity contribution in [2.24, 2.45) is 23.2 Å². The third-order valence-electron chi connectivity index (χ3n) is 10.1. The van der Waals surface area contributed by atoms with Crippen LogP contribution in [0.25, 0.3) is 16.7 Å². The maximum absolute atomic E-state index is 13.5. The highest BCUT2D eigenvalue weighted by Gasteiger charge is 2.56. The molecule has 4 saturated carbocycles. The average molecular weight is 589 g/mol. The summed E-state index contributed by atoms with van der Waals surface area (Å²) in [7, 11) is 0. The largest absolute Gasteiger partial charge is 0.350 e. The number of para-hydroxylation sites is 1. The van der Waals surface area contributed by atoms with E-state index in [0.29, 0.717) is 46.3 Å². The number of benzene rings is 2. The molecule has 2 heterocycles. The molecule has 7 heteroatoms. The van der Waals surface area contributed by atoms with Crippen LogP contribution in [-0.2, 0) is 11.2 Å². The third kappa shape index (κ3) is 5.23. The predicted octanol–water partition coefficient (Wildman–Crippen LogP) is 5.82. The monoisotopic (exact) mass is 588 g/mol. The molecule has 2 aromatic carbocycles. The highest BCUT2D eigenvalue weighted by molar-refractivity contribution is 5.94. The Morgan fingerprint density at radius 3 is 2.32 bits per heavy atom. The van der Waals surface area contributed by atoms with Crippen molar-refractivity contribution in [3.63, 3.8) is 0 Å². The summed E-state index contributed by atoms with van der Waals surface area (Å²) in [5, 5.41) is 7.42.